The highest BCUT2D eigenvalue weighted by Crippen LogP contribution is 2.35. The molecule has 0 fully saturated rings. The summed E-state index contributed by atoms with van der Waals surface area (Å²) in [6, 6.07) is 19.6. The van der Waals surface area contributed by atoms with Gasteiger partial charge in [-0.05, 0) is 42.5 Å². The first-order valence-corrected chi connectivity index (χ1v) is 11.2. The van der Waals surface area contributed by atoms with Crippen molar-refractivity contribution in [3.63, 3.8) is 0 Å². The summed E-state index contributed by atoms with van der Waals surface area (Å²) >= 11 is 1.50. The number of hydrogen-bond acceptors (Lipinski definition) is 5. The lowest BCUT2D eigenvalue weighted by Gasteiger charge is -2.09. The number of para-hydroxylation sites is 2. The van der Waals surface area contributed by atoms with E-state index in [2.05, 4.69) is 15.4 Å². The van der Waals surface area contributed by atoms with Crippen LogP contribution in [0.1, 0.15) is 16.1 Å². The maximum Gasteiger partial charge on any atom is 0.416 e. The van der Waals surface area contributed by atoms with Crippen LogP contribution in [0.5, 0.6) is 5.75 Å². The second kappa shape index (κ2) is 8.88. The van der Waals surface area contributed by atoms with Crippen molar-refractivity contribution < 1.29 is 22.7 Å². The van der Waals surface area contributed by atoms with Gasteiger partial charge in [-0.15, -0.1) is 11.3 Å². The molecular weight excluding hydrogens is 477 g/mol. The molecule has 2 aromatic heterocycles. The number of aromatic nitrogens is 3. The van der Waals surface area contributed by atoms with Crippen LogP contribution >= 0.6 is 11.3 Å². The number of halogens is 3. The third-order valence-electron chi connectivity index (χ3n) is 5.25. The van der Waals surface area contributed by atoms with Crippen LogP contribution in [0.25, 0.3) is 26.5 Å². The molecule has 1 N–H and O–H groups in total. The number of nitrogens with one attached hydrogen (secondary N) is 1. The molecule has 0 spiro atoms. The van der Waals surface area contributed by atoms with E-state index in [1.54, 1.807) is 12.1 Å². The molecule has 6 nitrogen and oxygen atoms in total. The van der Waals surface area contributed by atoms with Crippen molar-refractivity contribution in [1.29, 1.82) is 0 Å². The maximum absolute atomic E-state index is 13.2. The predicted octanol–water partition coefficient (Wildman–Crippen LogP) is 6.43. The molecule has 0 unspecified atom stereocenters. The zero-order valence-corrected chi connectivity index (χ0v) is 19.0. The van der Waals surface area contributed by atoms with Crippen molar-refractivity contribution in [3.05, 3.63) is 90.3 Å². The van der Waals surface area contributed by atoms with Gasteiger partial charge in [-0.1, -0.05) is 30.3 Å². The Morgan fingerprint density at radius 3 is 2.57 bits per heavy atom. The molecule has 0 bridgehead atoms. The van der Waals surface area contributed by atoms with E-state index >= 15 is 0 Å². The molecule has 3 aromatic carbocycles. The quantitative estimate of drug-likeness (QED) is 0.306. The summed E-state index contributed by atoms with van der Waals surface area (Å²) in [7, 11) is 1.36. The molecule has 10 heteroatoms. The SMILES string of the molecule is COc1cn(-c2cccc(C(F)(F)F)c2)nc1C(=O)Nc1ccccc1-c1nc2ccccc2s1. The molecule has 2 heterocycles. The molecule has 1 amide bonds. The van der Waals surface area contributed by atoms with Gasteiger partial charge in [0.2, 0.25) is 0 Å². The summed E-state index contributed by atoms with van der Waals surface area (Å²) in [6.07, 6.45) is -3.14. The molecule has 35 heavy (non-hydrogen) atoms. The molecule has 0 atom stereocenters. The Bertz CT molecular complexity index is 1510. The highest BCUT2D eigenvalue weighted by Gasteiger charge is 2.31. The van der Waals surface area contributed by atoms with E-state index in [0.717, 1.165) is 32.9 Å². The minimum atomic E-state index is -4.50. The lowest BCUT2D eigenvalue weighted by atomic mass is 10.2. The first-order chi connectivity index (χ1) is 16.8. The van der Waals surface area contributed by atoms with Gasteiger partial charge in [0.1, 0.15) is 5.01 Å². The highest BCUT2D eigenvalue weighted by atomic mass is 32.1. The average molecular weight is 494 g/mol. The van der Waals surface area contributed by atoms with E-state index < -0.39 is 17.6 Å². The standard InChI is InChI=1S/C25H17F3N4O2S/c1-34-20-14-32(16-8-6-7-15(13-16)25(26,27)28)31-22(20)23(33)29-18-10-3-2-9-17(18)24-30-19-11-4-5-12-21(19)35-24/h2-14H,1H3,(H,29,33). The van der Waals surface area contributed by atoms with Gasteiger partial charge in [0.25, 0.3) is 5.91 Å². The third-order valence-corrected chi connectivity index (χ3v) is 6.32. The van der Waals surface area contributed by atoms with Crippen molar-refractivity contribution in [2.24, 2.45) is 0 Å². The Labute approximate surface area is 201 Å². The second-order valence-electron chi connectivity index (χ2n) is 7.53. The minimum absolute atomic E-state index is 0.0657. The van der Waals surface area contributed by atoms with Crippen LogP contribution in [-0.2, 0) is 6.18 Å². The highest BCUT2D eigenvalue weighted by molar-refractivity contribution is 7.21. The average Bonchev–Trinajstić information content (AvgIpc) is 3.48. The van der Waals surface area contributed by atoms with Crippen molar-refractivity contribution in [2.45, 2.75) is 6.18 Å². The Morgan fingerprint density at radius 1 is 1.03 bits per heavy atom. The number of nitrogens with zero attached hydrogens (tertiary/aromatic N) is 3. The summed E-state index contributed by atoms with van der Waals surface area (Å²) < 4.78 is 46.9. The number of carbonyl (C=O) groups excluding carboxylic acids is 1. The molecule has 0 saturated heterocycles. The Kier molecular flexibility index (Phi) is 5.73. The number of amides is 1. The van der Waals surface area contributed by atoms with Crippen molar-refractivity contribution in [3.8, 4) is 22.0 Å². The van der Waals surface area contributed by atoms with E-state index in [1.807, 2.05) is 36.4 Å². The van der Waals surface area contributed by atoms with Gasteiger partial charge in [-0.25, -0.2) is 9.67 Å². The van der Waals surface area contributed by atoms with E-state index in [-0.39, 0.29) is 17.1 Å². The van der Waals surface area contributed by atoms with Gasteiger partial charge < -0.3 is 10.1 Å². The lowest BCUT2D eigenvalue weighted by Crippen LogP contribution is -2.15. The molecule has 5 rings (SSSR count). The molecule has 0 aliphatic rings. The van der Waals surface area contributed by atoms with Crippen LogP contribution < -0.4 is 10.1 Å². The Balaban J connectivity index is 1.47. The van der Waals surface area contributed by atoms with Gasteiger partial charge in [0, 0.05) is 5.56 Å². The Hall–Kier alpha value is -4.18. The lowest BCUT2D eigenvalue weighted by molar-refractivity contribution is -0.137. The van der Waals surface area contributed by atoms with Gasteiger partial charge in [0.05, 0.1) is 40.5 Å². The van der Waals surface area contributed by atoms with Crippen LogP contribution in [0.2, 0.25) is 0 Å². The van der Waals surface area contributed by atoms with Crippen molar-refractivity contribution in [1.82, 2.24) is 14.8 Å². The van der Waals surface area contributed by atoms with Crippen LogP contribution in [0.15, 0.2) is 79.0 Å². The number of rotatable bonds is 5. The minimum Gasteiger partial charge on any atom is -0.493 e. The Morgan fingerprint density at radius 2 is 1.80 bits per heavy atom. The molecule has 5 aromatic rings. The fourth-order valence-electron chi connectivity index (χ4n) is 3.57. The van der Waals surface area contributed by atoms with Gasteiger partial charge in [0.15, 0.2) is 11.4 Å². The summed E-state index contributed by atoms with van der Waals surface area (Å²) in [5.74, 6) is -0.446. The zero-order chi connectivity index (χ0) is 24.6. The van der Waals surface area contributed by atoms with E-state index in [9.17, 15) is 18.0 Å². The van der Waals surface area contributed by atoms with Gasteiger partial charge in [-0.2, -0.15) is 18.3 Å². The first kappa shape index (κ1) is 22.6. The monoisotopic (exact) mass is 494 g/mol. The third kappa shape index (κ3) is 4.47. The summed E-state index contributed by atoms with van der Waals surface area (Å²) in [5.41, 5.74) is 1.37. The summed E-state index contributed by atoms with van der Waals surface area (Å²) in [5, 5.41) is 7.78. The zero-order valence-electron chi connectivity index (χ0n) is 18.2. The van der Waals surface area contributed by atoms with Gasteiger partial charge in [-0.3, -0.25) is 4.79 Å². The van der Waals surface area contributed by atoms with E-state index in [4.69, 9.17) is 4.74 Å². The fraction of sp³-hybridized carbons (Fsp3) is 0.0800. The smallest absolute Gasteiger partial charge is 0.416 e. The molecule has 0 aliphatic heterocycles. The largest absolute Gasteiger partial charge is 0.493 e. The maximum atomic E-state index is 13.2. The van der Waals surface area contributed by atoms with Crippen molar-refractivity contribution >= 4 is 33.1 Å². The number of alkyl halides is 3. The fourth-order valence-corrected chi connectivity index (χ4v) is 4.57. The van der Waals surface area contributed by atoms with Crippen LogP contribution in [-0.4, -0.2) is 27.8 Å². The van der Waals surface area contributed by atoms with Gasteiger partial charge >= 0.3 is 6.18 Å². The topological polar surface area (TPSA) is 69.0 Å². The van der Waals surface area contributed by atoms with Crippen LogP contribution in [0, 0.1) is 0 Å². The number of thiazole rings is 1. The van der Waals surface area contributed by atoms with Crippen molar-refractivity contribution in [2.75, 3.05) is 12.4 Å². The second-order valence-corrected chi connectivity index (χ2v) is 8.56. The number of ether oxygens (including phenoxy) is 1. The molecule has 176 valence electrons. The summed E-state index contributed by atoms with van der Waals surface area (Å²) in [6.45, 7) is 0. The predicted molar refractivity (Wildman–Crippen MR) is 128 cm³/mol. The molecule has 0 aliphatic carbocycles. The number of methoxy groups -OCH3 is 1. The number of anilines is 1. The van der Waals surface area contributed by atoms with Crippen LogP contribution in [0.3, 0.4) is 0 Å². The first-order valence-electron chi connectivity index (χ1n) is 10.4. The molecule has 0 radical (unpaired) electrons. The van der Waals surface area contributed by atoms with E-state index in [1.165, 1.54) is 41.5 Å². The number of hydrogen-bond donors (Lipinski definition) is 1. The number of benzene rings is 3. The molecular formula is C25H17F3N4O2S. The number of carbonyl (C=O) groups is 1. The van der Waals surface area contributed by atoms with E-state index in [0.29, 0.717) is 5.69 Å². The number of fused-ring (bicyclic) bond motifs is 1. The summed E-state index contributed by atoms with van der Waals surface area (Å²) in [4.78, 5) is 17.8. The normalized spacial score (nSPS) is 11.5. The van der Waals surface area contributed by atoms with Crippen LogP contribution in [0.4, 0.5) is 18.9 Å². The molecule has 0 saturated carbocycles.